The number of methoxy groups -OCH3 is 1. The van der Waals surface area contributed by atoms with Gasteiger partial charge in [-0.3, -0.25) is 4.79 Å². The third-order valence-electron chi connectivity index (χ3n) is 4.72. The molecule has 1 aliphatic rings. The number of aromatic nitrogens is 2. The van der Waals surface area contributed by atoms with E-state index >= 15 is 0 Å². The zero-order valence-electron chi connectivity index (χ0n) is 18.4. The number of imidazole rings is 1. The van der Waals surface area contributed by atoms with E-state index in [0.29, 0.717) is 31.8 Å². The number of aryl methyl sites for hydroxylation is 2. The second-order valence-electron chi connectivity index (χ2n) is 6.28. The summed E-state index contributed by atoms with van der Waals surface area (Å²) in [6.45, 7) is 9.83. The first-order chi connectivity index (χ1) is 14.2. The first-order valence-corrected chi connectivity index (χ1v) is 10.6. The van der Waals surface area contributed by atoms with Crippen molar-refractivity contribution in [2.75, 3.05) is 20.2 Å². The number of likely N-dealkylation sites (tertiary alicyclic amines) is 1. The zero-order chi connectivity index (χ0) is 21.6. The molecule has 0 radical (unpaired) electrons. The maximum absolute atomic E-state index is 12.8. The summed E-state index contributed by atoms with van der Waals surface area (Å²) >= 11 is 0. The van der Waals surface area contributed by atoms with Gasteiger partial charge in [0.2, 0.25) is 5.78 Å². The van der Waals surface area contributed by atoms with Gasteiger partial charge in [-0.05, 0) is 24.8 Å². The van der Waals surface area contributed by atoms with Crippen molar-refractivity contribution < 1.29 is 14.3 Å². The van der Waals surface area contributed by atoms with Crippen LogP contribution in [0.5, 0.6) is 0 Å². The standard InChI is InChI=1S/C19H23N3O3.2C2H6/c1-25-19(24)22-12-8-16(9-13-22)17(23)18-20-10-14-21(18)11-7-15-5-3-2-4-6-15;2*1-2/h2-6,10,14,16H,7-9,11-13H2,1H3;2*1-2H3. The van der Waals surface area contributed by atoms with Crippen molar-refractivity contribution >= 4 is 11.9 Å². The Morgan fingerprint density at radius 1 is 1.07 bits per heavy atom. The van der Waals surface area contributed by atoms with E-state index in [0.717, 1.165) is 13.0 Å². The molecule has 1 fully saturated rings. The Kier molecular flexibility index (Phi) is 11.4. The van der Waals surface area contributed by atoms with Crippen LogP contribution in [0.4, 0.5) is 4.79 Å². The van der Waals surface area contributed by atoms with E-state index < -0.39 is 0 Å². The van der Waals surface area contributed by atoms with Gasteiger partial charge in [0.1, 0.15) is 0 Å². The molecule has 0 N–H and O–H groups in total. The fourth-order valence-corrected chi connectivity index (χ4v) is 3.24. The number of hydrogen-bond donors (Lipinski definition) is 0. The number of ketones is 1. The van der Waals surface area contributed by atoms with Crippen LogP contribution in [0.15, 0.2) is 42.7 Å². The van der Waals surface area contributed by atoms with E-state index in [9.17, 15) is 9.59 Å². The van der Waals surface area contributed by atoms with Gasteiger partial charge in [0.25, 0.3) is 0 Å². The molecule has 1 aromatic carbocycles. The molecule has 29 heavy (non-hydrogen) atoms. The number of benzene rings is 1. The van der Waals surface area contributed by atoms with E-state index in [-0.39, 0.29) is 17.8 Å². The fraction of sp³-hybridized carbons (Fsp3) is 0.522. The Morgan fingerprint density at radius 3 is 2.28 bits per heavy atom. The van der Waals surface area contributed by atoms with Gasteiger partial charge in [-0.1, -0.05) is 58.0 Å². The fourth-order valence-electron chi connectivity index (χ4n) is 3.24. The summed E-state index contributed by atoms with van der Waals surface area (Å²) in [7, 11) is 1.38. The molecular formula is C23H35N3O3. The third-order valence-corrected chi connectivity index (χ3v) is 4.72. The SMILES string of the molecule is CC.CC.COC(=O)N1CCC(C(=O)c2nccn2CCc2ccccc2)CC1. The Bertz CT molecular complexity index is 720. The number of nitrogens with zero attached hydrogens (tertiary/aromatic N) is 3. The quantitative estimate of drug-likeness (QED) is 0.673. The average molecular weight is 402 g/mol. The van der Waals surface area contributed by atoms with Crippen molar-refractivity contribution in [1.82, 2.24) is 14.5 Å². The molecule has 0 saturated carbocycles. The Balaban J connectivity index is 0.000000989. The smallest absolute Gasteiger partial charge is 0.409 e. The van der Waals surface area contributed by atoms with E-state index in [1.54, 1.807) is 11.1 Å². The van der Waals surface area contributed by atoms with Crippen molar-refractivity contribution in [1.29, 1.82) is 0 Å². The highest BCUT2D eigenvalue weighted by Gasteiger charge is 2.30. The largest absolute Gasteiger partial charge is 0.453 e. The van der Waals surface area contributed by atoms with Gasteiger partial charge in [-0.2, -0.15) is 0 Å². The lowest BCUT2D eigenvalue weighted by molar-refractivity contribution is 0.0780. The summed E-state index contributed by atoms with van der Waals surface area (Å²) in [5.74, 6) is 0.508. The van der Waals surface area contributed by atoms with Crippen LogP contribution in [0, 0.1) is 5.92 Å². The molecule has 2 heterocycles. The molecule has 0 atom stereocenters. The number of hydrogen-bond acceptors (Lipinski definition) is 4. The maximum atomic E-state index is 12.8. The normalized spacial score (nSPS) is 13.5. The minimum Gasteiger partial charge on any atom is -0.453 e. The van der Waals surface area contributed by atoms with Crippen LogP contribution >= 0.6 is 0 Å². The molecule has 1 aromatic heterocycles. The molecule has 160 valence electrons. The molecule has 1 saturated heterocycles. The third kappa shape index (κ3) is 7.04. The topological polar surface area (TPSA) is 64.4 Å². The van der Waals surface area contributed by atoms with Gasteiger partial charge in [0.15, 0.2) is 5.82 Å². The lowest BCUT2D eigenvalue weighted by Gasteiger charge is -2.30. The van der Waals surface area contributed by atoms with Gasteiger partial charge in [-0.25, -0.2) is 9.78 Å². The predicted octanol–water partition coefficient (Wildman–Crippen LogP) is 4.84. The number of carbonyl (C=O) groups excluding carboxylic acids is 2. The summed E-state index contributed by atoms with van der Waals surface area (Å²) in [6, 6.07) is 10.2. The number of ether oxygens (including phenoxy) is 1. The predicted molar refractivity (Wildman–Crippen MR) is 116 cm³/mol. The Morgan fingerprint density at radius 2 is 1.69 bits per heavy atom. The number of amides is 1. The van der Waals surface area contributed by atoms with Crippen LogP contribution in [0.1, 0.15) is 56.7 Å². The van der Waals surface area contributed by atoms with Crippen molar-refractivity contribution in [2.45, 2.75) is 53.5 Å². The second-order valence-corrected chi connectivity index (χ2v) is 6.28. The average Bonchev–Trinajstić information content (AvgIpc) is 3.29. The molecule has 3 rings (SSSR count). The summed E-state index contributed by atoms with van der Waals surface area (Å²) in [6.07, 6.45) is 5.38. The van der Waals surface area contributed by atoms with E-state index in [4.69, 9.17) is 4.74 Å². The second kappa shape index (κ2) is 13.5. The van der Waals surface area contributed by atoms with Gasteiger partial charge in [-0.15, -0.1) is 0 Å². The molecule has 1 amide bonds. The van der Waals surface area contributed by atoms with E-state index in [2.05, 4.69) is 17.1 Å². The lowest BCUT2D eigenvalue weighted by atomic mass is 9.92. The van der Waals surface area contributed by atoms with Gasteiger partial charge in [0.05, 0.1) is 7.11 Å². The number of Topliss-reactive ketones (excluding diaryl/α,β-unsaturated/α-hetero) is 1. The highest BCUT2D eigenvalue weighted by Crippen LogP contribution is 2.22. The summed E-state index contributed by atoms with van der Waals surface area (Å²) in [5.41, 5.74) is 1.24. The highest BCUT2D eigenvalue weighted by atomic mass is 16.5. The monoisotopic (exact) mass is 401 g/mol. The molecule has 6 heteroatoms. The highest BCUT2D eigenvalue weighted by molar-refractivity contribution is 5.94. The van der Waals surface area contributed by atoms with E-state index in [1.807, 2.05) is 56.7 Å². The summed E-state index contributed by atoms with van der Waals surface area (Å²) < 4.78 is 6.67. The van der Waals surface area contributed by atoms with Crippen LogP contribution < -0.4 is 0 Å². The van der Waals surface area contributed by atoms with Crippen LogP contribution in [0.3, 0.4) is 0 Å². The Hall–Kier alpha value is -2.63. The van der Waals surface area contributed by atoms with Gasteiger partial charge < -0.3 is 14.2 Å². The Labute approximate surface area is 174 Å². The maximum Gasteiger partial charge on any atom is 0.409 e. The molecule has 0 unspecified atom stereocenters. The number of rotatable bonds is 5. The molecule has 1 aliphatic heterocycles. The molecular weight excluding hydrogens is 366 g/mol. The van der Waals surface area contributed by atoms with Crippen LogP contribution in [-0.2, 0) is 17.7 Å². The van der Waals surface area contributed by atoms with Crippen LogP contribution in [0.25, 0.3) is 0 Å². The van der Waals surface area contributed by atoms with Gasteiger partial charge >= 0.3 is 6.09 Å². The van der Waals surface area contributed by atoms with Crippen molar-refractivity contribution in [3.8, 4) is 0 Å². The van der Waals surface area contributed by atoms with Crippen molar-refractivity contribution in [3.05, 3.63) is 54.1 Å². The summed E-state index contributed by atoms with van der Waals surface area (Å²) in [5, 5.41) is 0. The molecule has 6 nitrogen and oxygen atoms in total. The first kappa shape index (κ1) is 24.4. The van der Waals surface area contributed by atoms with Crippen LogP contribution in [0.2, 0.25) is 0 Å². The number of piperidine rings is 1. The van der Waals surface area contributed by atoms with Crippen molar-refractivity contribution in [3.63, 3.8) is 0 Å². The molecule has 0 bridgehead atoms. The summed E-state index contributed by atoms with van der Waals surface area (Å²) in [4.78, 5) is 30.3. The molecule has 0 aliphatic carbocycles. The first-order valence-electron chi connectivity index (χ1n) is 10.6. The van der Waals surface area contributed by atoms with Gasteiger partial charge in [0, 0.05) is 37.9 Å². The number of carbonyl (C=O) groups is 2. The zero-order valence-corrected chi connectivity index (χ0v) is 18.4. The minimum absolute atomic E-state index is 0.0718. The minimum atomic E-state index is -0.324. The van der Waals surface area contributed by atoms with Crippen molar-refractivity contribution in [2.24, 2.45) is 5.92 Å². The molecule has 0 spiro atoms. The van der Waals surface area contributed by atoms with E-state index in [1.165, 1.54) is 12.7 Å². The molecule has 2 aromatic rings. The lowest BCUT2D eigenvalue weighted by Crippen LogP contribution is -2.40. The van der Waals surface area contributed by atoms with Crippen LogP contribution in [-0.4, -0.2) is 46.5 Å².